The molecule has 3 heterocycles. The number of carbonyl (C=O) groups is 2. The molecule has 172 valence electrons. The van der Waals surface area contributed by atoms with E-state index < -0.39 is 22.0 Å². The van der Waals surface area contributed by atoms with Gasteiger partial charge in [0.2, 0.25) is 5.91 Å². The Morgan fingerprint density at radius 1 is 1.15 bits per heavy atom. The largest absolute Gasteiger partial charge is 0.355 e. The van der Waals surface area contributed by atoms with Crippen LogP contribution in [-0.4, -0.2) is 49.4 Å². The molecule has 0 spiro atoms. The number of amides is 1. The maximum atomic E-state index is 13.3. The van der Waals surface area contributed by atoms with Crippen LogP contribution in [0.15, 0.2) is 47.5 Å². The quantitative estimate of drug-likeness (QED) is 0.407. The molecule has 1 aromatic heterocycles. The predicted octanol–water partition coefficient (Wildman–Crippen LogP) is 2.35. The maximum absolute atomic E-state index is 13.3. The van der Waals surface area contributed by atoms with Crippen molar-refractivity contribution in [3.8, 4) is 0 Å². The van der Waals surface area contributed by atoms with Crippen LogP contribution >= 0.6 is 11.6 Å². The van der Waals surface area contributed by atoms with Crippen LogP contribution in [0.5, 0.6) is 0 Å². The van der Waals surface area contributed by atoms with E-state index in [4.69, 9.17) is 16.4 Å². The molecule has 9 nitrogen and oxygen atoms in total. The van der Waals surface area contributed by atoms with E-state index in [9.17, 15) is 18.0 Å². The van der Waals surface area contributed by atoms with Gasteiger partial charge in [0.25, 0.3) is 10.0 Å². The number of fused-ring (bicyclic) bond motifs is 2. The lowest BCUT2D eigenvalue weighted by molar-refractivity contribution is -0.160. The Hall–Kier alpha value is -2.92. The Balaban J connectivity index is 1.45. The van der Waals surface area contributed by atoms with Crippen molar-refractivity contribution < 1.29 is 22.8 Å². The van der Waals surface area contributed by atoms with Gasteiger partial charge in [-0.3, -0.25) is 9.59 Å². The summed E-state index contributed by atoms with van der Waals surface area (Å²) in [7, 11) is -4.35. The second-order valence-corrected chi connectivity index (χ2v) is 10.2. The minimum absolute atomic E-state index is 0.0128. The first-order valence-electron chi connectivity index (χ1n) is 10.5. The van der Waals surface area contributed by atoms with Gasteiger partial charge in [-0.15, -0.1) is 0 Å². The number of carbonyl (C=O) groups excluding carboxylic acids is 2. The number of nitrogens with zero attached hydrogens (tertiary/aromatic N) is 2. The third-order valence-electron chi connectivity index (χ3n) is 6.04. The molecule has 0 radical (unpaired) electrons. The Bertz CT molecular complexity index is 1360. The Morgan fingerprint density at radius 3 is 2.82 bits per heavy atom. The van der Waals surface area contributed by atoms with Crippen molar-refractivity contribution in [2.75, 3.05) is 18.0 Å². The third-order valence-corrected chi connectivity index (χ3v) is 7.87. The topological polar surface area (TPSA) is 112 Å². The van der Waals surface area contributed by atoms with Gasteiger partial charge in [0, 0.05) is 34.7 Å². The highest BCUT2D eigenvalue weighted by atomic mass is 35.5. The van der Waals surface area contributed by atoms with Crippen LogP contribution < -0.4 is 10.2 Å². The van der Waals surface area contributed by atoms with E-state index in [-0.39, 0.29) is 17.9 Å². The van der Waals surface area contributed by atoms with Crippen LogP contribution in [0.25, 0.3) is 10.9 Å². The summed E-state index contributed by atoms with van der Waals surface area (Å²) in [6, 6.07) is 10.9. The number of rotatable bonds is 6. The number of nitrogens with one attached hydrogen (secondary N) is 2. The highest BCUT2D eigenvalue weighted by molar-refractivity contribution is 7.89. The van der Waals surface area contributed by atoms with Crippen molar-refractivity contribution in [2.24, 2.45) is 0 Å². The number of H-pyrrole nitrogens is 1. The molecule has 0 bridgehead atoms. The van der Waals surface area contributed by atoms with Gasteiger partial charge >= 0.3 is 6.47 Å². The fourth-order valence-corrected chi connectivity index (χ4v) is 5.96. The van der Waals surface area contributed by atoms with Crippen LogP contribution in [0.2, 0.25) is 5.02 Å². The molecule has 5 rings (SSSR count). The molecule has 2 N–H and O–H groups in total. The first kappa shape index (κ1) is 21.9. The molecule has 0 unspecified atom stereocenters. The molecule has 1 amide bonds. The smallest absolute Gasteiger partial charge is 0.314 e. The second kappa shape index (κ2) is 8.45. The number of anilines is 1. The van der Waals surface area contributed by atoms with Crippen molar-refractivity contribution in [3.63, 3.8) is 0 Å². The summed E-state index contributed by atoms with van der Waals surface area (Å²) in [5.74, 6) is -0.450. The number of halogens is 1. The molecular weight excluding hydrogens is 468 g/mol. The molecule has 2 aliphatic heterocycles. The van der Waals surface area contributed by atoms with E-state index in [0.717, 1.165) is 25.1 Å². The molecule has 2 aliphatic rings. The highest BCUT2D eigenvalue weighted by Gasteiger charge is 2.45. The molecule has 33 heavy (non-hydrogen) atoms. The first-order valence-corrected chi connectivity index (χ1v) is 12.3. The van der Waals surface area contributed by atoms with Crippen molar-refractivity contribution in [2.45, 2.75) is 30.5 Å². The summed E-state index contributed by atoms with van der Waals surface area (Å²) in [6.45, 7) is 1.96. The van der Waals surface area contributed by atoms with Crippen molar-refractivity contribution in [1.29, 1.82) is 0 Å². The average molecular weight is 489 g/mol. The van der Waals surface area contributed by atoms with Crippen LogP contribution in [-0.2, 0) is 37.4 Å². The lowest BCUT2D eigenvalue weighted by atomic mass is 10.0. The second-order valence-electron chi connectivity index (χ2n) is 8.00. The minimum atomic E-state index is -4.35. The number of aromatic nitrogens is 1. The van der Waals surface area contributed by atoms with Crippen LogP contribution in [0.3, 0.4) is 0 Å². The first-order chi connectivity index (χ1) is 15.9. The summed E-state index contributed by atoms with van der Waals surface area (Å²) >= 11 is 5.99. The molecule has 3 aromatic rings. The maximum Gasteiger partial charge on any atom is 0.314 e. The Kier molecular flexibility index (Phi) is 5.61. The van der Waals surface area contributed by atoms with Gasteiger partial charge in [0.15, 0.2) is 5.03 Å². The molecule has 11 heteroatoms. The van der Waals surface area contributed by atoms with Gasteiger partial charge in [0.05, 0.1) is 0 Å². The summed E-state index contributed by atoms with van der Waals surface area (Å²) in [5, 5.41) is 4.16. The number of hydrogen-bond acceptors (Lipinski definition) is 6. The van der Waals surface area contributed by atoms with Crippen LogP contribution in [0.4, 0.5) is 5.69 Å². The fraction of sp³-hybridized carbons (Fsp3) is 0.273. The standard InChI is InChI=1S/C22H21ClN4O5S/c23-17-3-1-15-10-21(25-19(15)11-17)33(30,31)27(32-13-28)20-6-8-26(22(20)29)18-4-2-16-12-24-7-5-14(16)9-18/h1-4,9-11,13,20,24-25H,5-8,12H2/t20-/m0/s1. The molecule has 1 saturated heterocycles. The van der Waals surface area contributed by atoms with Crippen LogP contribution in [0, 0.1) is 0 Å². The van der Waals surface area contributed by atoms with Gasteiger partial charge in [-0.05, 0) is 65.3 Å². The van der Waals surface area contributed by atoms with E-state index in [0.29, 0.717) is 32.6 Å². The van der Waals surface area contributed by atoms with E-state index in [1.54, 1.807) is 18.2 Å². The zero-order valence-electron chi connectivity index (χ0n) is 17.5. The van der Waals surface area contributed by atoms with E-state index in [2.05, 4.69) is 10.3 Å². The monoisotopic (exact) mass is 488 g/mol. The fourth-order valence-electron chi connectivity index (χ4n) is 4.40. The number of benzene rings is 2. The molecule has 2 aromatic carbocycles. The highest BCUT2D eigenvalue weighted by Crippen LogP contribution is 2.31. The van der Waals surface area contributed by atoms with E-state index in [1.165, 1.54) is 16.5 Å². The lowest BCUT2D eigenvalue weighted by Gasteiger charge is -2.24. The predicted molar refractivity (Wildman–Crippen MR) is 122 cm³/mol. The van der Waals surface area contributed by atoms with Gasteiger partial charge in [-0.2, -0.15) is 0 Å². The summed E-state index contributed by atoms with van der Waals surface area (Å²) in [4.78, 5) is 33.7. The Morgan fingerprint density at radius 2 is 2.00 bits per heavy atom. The average Bonchev–Trinajstić information content (AvgIpc) is 3.40. The zero-order valence-corrected chi connectivity index (χ0v) is 19.0. The lowest BCUT2D eigenvalue weighted by Crippen LogP contribution is -2.45. The van der Waals surface area contributed by atoms with Gasteiger partial charge in [-0.25, -0.2) is 8.42 Å². The summed E-state index contributed by atoms with van der Waals surface area (Å²) < 4.78 is 27.2. The van der Waals surface area contributed by atoms with Crippen molar-refractivity contribution in [1.82, 2.24) is 14.8 Å². The van der Waals surface area contributed by atoms with E-state index in [1.807, 2.05) is 18.2 Å². The third kappa shape index (κ3) is 3.89. The molecule has 0 saturated carbocycles. The summed E-state index contributed by atoms with van der Waals surface area (Å²) in [6.07, 6.45) is 1.03. The van der Waals surface area contributed by atoms with Gasteiger partial charge in [0.1, 0.15) is 6.04 Å². The zero-order chi connectivity index (χ0) is 23.2. The molecule has 1 fully saturated rings. The van der Waals surface area contributed by atoms with Gasteiger partial charge in [-0.1, -0.05) is 23.7 Å². The number of sulfonamides is 1. The molecular formula is C22H21ClN4O5S. The molecule has 0 aliphatic carbocycles. The van der Waals surface area contributed by atoms with E-state index >= 15 is 0 Å². The van der Waals surface area contributed by atoms with Crippen molar-refractivity contribution in [3.05, 3.63) is 58.6 Å². The van der Waals surface area contributed by atoms with Gasteiger partial charge < -0.3 is 20.0 Å². The minimum Gasteiger partial charge on any atom is -0.355 e. The van der Waals surface area contributed by atoms with Crippen LogP contribution in [0.1, 0.15) is 17.5 Å². The SMILES string of the molecule is O=CON([C@H]1CCN(c2ccc3c(c2)CCNC3)C1=O)S(=O)(=O)c1cc2ccc(Cl)cc2[nH]1. The number of hydroxylamine groups is 1. The normalized spacial score (nSPS) is 18.7. The molecule has 1 atom stereocenters. The Labute approximate surface area is 195 Å². The number of hydrogen-bond donors (Lipinski definition) is 2. The summed E-state index contributed by atoms with van der Waals surface area (Å²) in [5.41, 5.74) is 3.55. The number of aromatic amines is 1. The van der Waals surface area contributed by atoms with Crippen molar-refractivity contribution >= 4 is 50.6 Å².